The molecule has 0 bridgehead atoms. The highest BCUT2D eigenvalue weighted by molar-refractivity contribution is 9.10. The summed E-state index contributed by atoms with van der Waals surface area (Å²) in [6.07, 6.45) is 0. The van der Waals surface area contributed by atoms with Gasteiger partial charge in [-0.3, -0.25) is 9.59 Å². The van der Waals surface area contributed by atoms with Crippen molar-refractivity contribution in [3.8, 4) is 0 Å². The lowest BCUT2D eigenvalue weighted by Gasteiger charge is -2.16. The lowest BCUT2D eigenvalue weighted by Crippen LogP contribution is -2.46. The molecule has 0 aromatic heterocycles. The van der Waals surface area contributed by atoms with Gasteiger partial charge in [-0.1, -0.05) is 15.9 Å². The first-order chi connectivity index (χ1) is 8.81. The van der Waals surface area contributed by atoms with Crippen molar-refractivity contribution in [3.05, 3.63) is 28.2 Å². The fourth-order valence-electron chi connectivity index (χ4n) is 1.47. The van der Waals surface area contributed by atoms with Crippen LogP contribution in [0.2, 0.25) is 0 Å². The van der Waals surface area contributed by atoms with Crippen LogP contribution < -0.4 is 16.4 Å². The van der Waals surface area contributed by atoms with Gasteiger partial charge in [0.1, 0.15) is 6.04 Å². The number of benzene rings is 1. The minimum Gasteiger partial charge on any atom is -0.398 e. The third-order valence-electron chi connectivity index (χ3n) is 2.43. The first-order valence-electron chi connectivity index (χ1n) is 5.97. The molecule has 1 rings (SSSR count). The Bertz CT molecular complexity index is 489. The van der Waals surface area contributed by atoms with Crippen LogP contribution in [0, 0.1) is 0 Å². The minimum atomic E-state index is -0.617. The molecule has 0 spiro atoms. The Morgan fingerprint density at radius 1 is 1.21 bits per heavy atom. The van der Waals surface area contributed by atoms with Crippen molar-refractivity contribution in [1.82, 2.24) is 10.6 Å². The van der Waals surface area contributed by atoms with Gasteiger partial charge >= 0.3 is 0 Å². The van der Waals surface area contributed by atoms with Gasteiger partial charge in [0.05, 0.1) is 5.56 Å². The normalized spacial score (nSPS) is 12.1. The van der Waals surface area contributed by atoms with Crippen molar-refractivity contribution >= 4 is 33.4 Å². The molecule has 1 aromatic rings. The Balaban J connectivity index is 2.74. The second-order valence-corrected chi connectivity index (χ2v) is 5.51. The van der Waals surface area contributed by atoms with E-state index >= 15 is 0 Å². The molecule has 5 nitrogen and oxygen atoms in total. The Morgan fingerprint density at radius 2 is 1.84 bits per heavy atom. The van der Waals surface area contributed by atoms with E-state index in [1.165, 1.54) is 0 Å². The topological polar surface area (TPSA) is 84.2 Å². The van der Waals surface area contributed by atoms with Crippen LogP contribution >= 0.6 is 15.9 Å². The summed E-state index contributed by atoms with van der Waals surface area (Å²) in [6, 6.07) is 4.42. The highest BCUT2D eigenvalue weighted by Crippen LogP contribution is 2.18. The molecule has 0 saturated carbocycles. The van der Waals surface area contributed by atoms with Gasteiger partial charge < -0.3 is 16.4 Å². The summed E-state index contributed by atoms with van der Waals surface area (Å²) >= 11 is 3.28. The molecule has 0 radical (unpaired) electrons. The number of amides is 2. The molecule has 1 aromatic carbocycles. The van der Waals surface area contributed by atoms with Crippen molar-refractivity contribution in [2.24, 2.45) is 0 Å². The predicted molar refractivity (Wildman–Crippen MR) is 78.8 cm³/mol. The van der Waals surface area contributed by atoms with Crippen molar-refractivity contribution in [1.29, 1.82) is 0 Å². The Hall–Kier alpha value is -1.56. The van der Waals surface area contributed by atoms with Crippen LogP contribution in [0.25, 0.3) is 0 Å². The number of nitrogens with two attached hydrogens (primary N) is 1. The zero-order valence-electron chi connectivity index (χ0n) is 11.2. The van der Waals surface area contributed by atoms with Gasteiger partial charge in [0.2, 0.25) is 5.91 Å². The van der Waals surface area contributed by atoms with Crippen LogP contribution in [-0.2, 0) is 4.79 Å². The maximum absolute atomic E-state index is 12.0. The van der Waals surface area contributed by atoms with E-state index in [1.807, 2.05) is 13.8 Å². The molecule has 0 aliphatic heterocycles. The van der Waals surface area contributed by atoms with Crippen LogP contribution in [0.3, 0.4) is 0 Å². The summed E-state index contributed by atoms with van der Waals surface area (Å²) in [5.41, 5.74) is 6.46. The molecule has 1 atom stereocenters. The summed E-state index contributed by atoms with van der Waals surface area (Å²) in [5, 5.41) is 5.35. The van der Waals surface area contributed by atoms with Gasteiger partial charge in [0.15, 0.2) is 0 Å². The third kappa shape index (κ3) is 4.55. The first-order valence-corrected chi connectivity index (χ1v) is 6.77. The number of rotatable bonds is 4. The molecule has 2 amide bonds. The minimum absolute atomic E-state index is 0.0304. The number of carbonyl (C=O) groups excluding carboxylic acids is 2. The van der Waals surface area contributed by atoms with Crippen LogP contribution in [-0.4, -0.2) is 23.9 Å². The number of nitrogens with one attached hydrogen (secondary N) is 2. The van der Waals surface area contributed by atoms with Crippen LogP contribution in [0.1, 0.15) is 31.1 Å². The lowest BCUT2D eigenvalue weighted by molar-refractivity contribution is -0.123. The number of carbonyl (C=O) groups is 2. The van der Waals surface area contributed by atoms with Gasteiger partial charge in [-0.25, -0.2) is 0 Å². The zero-order chi connectivity index (χ0) is 14.6. The SMILES string of the molecule is CC(C)NC(=O)C(C)NC(=O)c1cc(Br)ccc1N. The number of halogens is 1. The van der Waals surface area contributed by atoms with Crippen molar-refractivity contribution in [3.63, 3.8) is 0 Å². The fraction of sp³-hybridized carbons (Fsp3) is 0.385. The third-order valence-corrected chi connectivity index (χ3v) is 2.93. The van der Waals surface area contributed by atoms with Crippen LogP contribution in [0.4, 0.5) is 5.69 Å². The largest absolute Gasteiger partial charge is 0.398 e. The first kappa shape index (κ1) is 15.5. The molecule has 0 fully saturated rings. The van der Waals surface area contributed by atoms with Gasteiger partial charge in [0.25, 0.3) is 5.91 Å². The fourth-order valence-corrected chi connectivity index (χ4v) is 1.84. The summed E-state index contributed by atoms with van der Waals surface area (Å²) < 4.78 is 0.756. The highest BCUT2D eigenvalue weighted by atomic mass is 79.9. The standard InChI is InChI=1S/C13H18BrN3O2/c1-7(2)16-12(18)8(3)17-13(19)10-6-9(14)4-5-11(10)15/h4-8H,15H2,1-3H3,(H,16,18)(H,17,19). The summed E-state index contributed by atoms with van der Waals surface area (Å²) in [5.74, 6) is -0.595. The number of hydrogen-bond acceptors (Lipinski definition) is 3. The molecule has 0 saturated heterocycles. The van der Waals surface area contributed by atoms with Crippen LogP contribution in [0.15, 0.2) is 22.7 Å². The molecule has 6 heteroatoms. The highest BCUT2D eigenvalue weighted by Gasteiger charge is 2.18. The molecule has 0 aliphatic rings. The van der Waals surface area contributed by atoms with E-state index in [0.29, 0.717) is 11.3 Å². The van der Waals surface area contributed by atoms with E-state index < -0.39 is 6.04 Å². The van der Waals surface area contributed by atoms with Crippen LogP contribution in [0.5, 0.6) is 0 Å². The smallest absolute Gasteiger partial charge is 0.254 e. The molecule has 4 N–H and O–H groups in total. The molecule has 0 heterocycles. The average Bonchev–Trinajstić information content (AvgIpc) is 2.31. The summed E-state index contributed by atoms with van der Waals surface area (Å²) in [4.78, 5) is 23.7. The van der Waals surface area contributed by atoms with E-state index in [1.54, 1.807) is 25.1 Å². The Morgan fingerprint density at radius 3 is 2.42 bits per heavy atom. The lowest BCUT2D eigenvalue weighted by atomic mass is 10.1. The molecular weight excluding hydrogens is 310 g/mol. The quantitative estimate of drug-likeness (QED) is 0.735. The number of hydrogen-bond donors (Lipinski definition) is 3. The van der Waals surface area contributed by atoms with E-state index in [-0.39, 0.29) is 17.9 Å². The average molecular weight is 328 g/mol. The predicted octanol–water partition coefficient (Wildman–Crippen LogP) is 1.67. The van der Waals surface area contributed by atoms with Crippen molar-refractivity contribution in [2.75, 3.05) is 5.73 Å². The van der Waals surface area contributed by atoms with Crippen molar-refractivity contribution in [2.45, 2.75) is 32.9 Å². The van der Waals surface area contributed by atoms with Crippen molar-refractivity contribution < 1.29 is 9.59 Å². The van der Waals surface area contributed by atoms with Gasteiger partial charge in [-0.05, 0) is 39.0 Å². The zero-order valence-corrected chi connectivity index (χ0v) is 12.7. The monoisotopic (exact) mass is 327 g/mol. The van der Waals surface area contributed by atoms with E-state index in [9.17, 15) is 9.59 Å². The van der Waals surface area contributed by atoms with E-state index in [2.05, 4.69) is 26.6 Å². The summed E-state index contributed by atoms with van der Waals surface area (Å²) in [6.45, 7) is 5.35. The number of anilines is 1. The molecule has 104 valence electrons. The maximum atomic E-state index is 12.0. The molecule has 19 heavy (non-hydrogen) atoms. The molecule has 1 unspecified atom stereocenters. The maximum Gasteiger partial charge on any atom is 0.254 e. The van der Waals surface area contributed by atoms with Gasteiger partial charge in [-0.2, -0.15) is 0 Å². The second kappa shape index (κ2) is 6.56. The Labute approximate surface area is 121 Å². The summed E-state index contributed by atoms with van der Waals surface area (Å²) in [7, 11) is 0. The van der Waals surface area contributed by atoms with E-state index in [4.69, 9.17) is 5.73 Å². The molecular formula is C13H18BrN3O2. The number of nitrogen functional groups attached to an aromatic ring is 1. The Kier molecular flexibility index (Phi) is 5.35. The molecule has 0 aliphatic carbocycles. The second-order valence-electron chi connectivity index (χ2n) is 4.59. The van der Waals surface area contributed by atoms with Gasteiger partial charge in [0, 0.05) is 16.2 Å². The van der Waals surface area contributed by atoms with E-state index in [0.717, 1.165) is 4.47 Å². The van der Waals surface area contributed by atoms with Gasteiger partial charge in [-0.15, -0.1) is 0 Å².